The van der Waals surface area contributed by atoms with Crippen molar-refractivity contribution in [2.24, 2.45) is 5.92 Å². The van der Waals surface area contributed by atoms with Crippen LogP contribution in [0.4, 0.5) is 17.6 Å². The van der Waals surface area contributed by atoms with Crippen LogP contribution in [0, 0.1) is 11.7 Å². The maximum absolute atomic E-state index is 12.9. The van der Waals surface area contributed by atoms with Gasteiger partial charge in [-0.3, -0.25) is 4.79 Å². The van der Waals surface area contributed by atoms with Crippen LogP contribution in [-0.4, -0.2) is 17.3 Å². The van der Waals surface area contributed by atoms with Crippen LogP contribution in [-0.2, 0) is 17.8 Å². The van der Waals surface area contributed by atoms with Gasteiger partial charge >= 0.3 is 12.1 Å². The summed E-state index contributed by atoms with van der Waals surface area (Å²) in [5.74, 6) is -2.36. The van der Waals surface area contributed by atoms with E-state index in [1.165, 1.54) is 12.1 Å². The monoisotopic (exact) mass is 412 g/mol. The molecule has 1 N–H and O–H groups in total. The van der Waals surface area contributed by atoms with Crippen LogP contribution in [0.2, 0.25) is 0 Å². The molecule has 0 bridgehead atoms. The summed E-state index contributed by atoms with van der Waals surface area (Å²) in [6.07, 6.45) is -3.05. The van der Waals surface area contributed by atoms with Crippen LogP contribution < -0.4 is 4.74 Å². The molecule has 7 heteroatoms. The second-order valence-electron chi connectivity index (χ2n) is 7.01. The lowest BCUT2D eigenvalue weighted by molar-refractivity contribution is -0.164. The number of alkyl halides is 3. The summed E-state index contributed by atoms with van der Waals surface area (Å²) < 4.78 is 55.6. The van der Waals surface area contributed by atoms with Gasteiger partial charge < -0.3 is 9.84 Å². The van der Waals surface area contributed by atoms with Gasteiger partial charge in [-0.15, -0.1) is 0 Å². The summed E-state index contributed by atoms with van der Waals surface area (Å²) >= 11 is 0. The fraction of sp³-hybridized carbons (Fsp3) is 0.409. The van der Waals surface area contributed by atoms with E-state index in [0.717, 1.165) is 24.0 Å². The Morgan fingerprint density at radius 2 is 1.55 bits per heavy atom. The van der Waals surface area contributed by atoms with Crippen molar-refractivity contribution >= 4 is 5.97 Å². The molecular formula is C22H24F4O3. The van der Waals surface area contributed by atoms with Crippen molar-refractivity contribution in [2.45, 2.75) is 51.3 Å². The zero-order chi connectivity index (χ0) is 21.3. The van der Waals surface area contributed by atoms with Gasteiger partial charge in [0, 0.05) is 0 Å². The summed E-state index contributed by atoms with van der Waals surface area (Å²) in [6, 6.07) is 13.6. The first-order valence-electron chi connectivity index (χ1n) is 9.49. The Bertz CT molecular complexity index is 755. The first-order chi connectivity index (χ1) is 13.7. The van der Waals surface area contributed by atoms with E-state index in [2.05, 4.69) is 0 Å². The second kappa shape index (κ2) is 10.8. The van der Waals surface area contributed by atoms with E-state index in [-0.39, 0.29) is 12.2 Å². The van der Waals surface area contributed by atoms with Gasteiger partial charge in [0.2, 0.25) is 0 Å². The van der Waals surface area contributed by atoms with Gasteiger partial charge in [0.05, 0.1) is 12.3 Å². The van der Waals surface area contributed by atoms with E-state index in [9.17, 15) is 22.4 Å². The minimum absolute atomic E-state index is 0.0327. The number of aliphatic carboxylic acids is 1. The molecule has 0 saturated carbocycles. The van der Waals surface area contributed by atoms with Gasteiger partial charge in [0.25, 0.3) is 0 Å². The van der Waals surface area contributed by atoms with Crippen molar-refractivity contribution in [1.29, 1.82) is 0 Å². The van der Waals surface area contributed by atoms with E-state index in [1.54, 1.807) is 12.1 Å². The fourth-order valence-corrected chi connectivity index (χ4v) is 2.99. The number of halogens is 4. The Hall–Kier alpha value is -2.57. The molecule has 0 spiro atoms. The van der Waals surface area contributed by atoms with Gasteiger partial charge in [-0.1, -0.05) is 37.1 Å². The predicted octanol–water partition coefficient (Wildman–Crippen LogP) is 6.16. The first kappa shape index (κ1) is 22.7. The lowest BCUT2D eigenvalue weighted by Gasteiger charge is -2.14. The quantitative estimate of drug-likeness (QED) is 0.355. The van der Waals surface area contributed by atoms with Crippen molar-refractivity contribution in [1.82, 2.24) is 0 Å². The highest BCUT2D eigenvalue weighted by molar-refractivity contribution is 5.69. The highest BCUT2D eigenvalue weighted by Crippen LogP contribution is 2.28. The molecule has 0 aliphatic carbocycles. The zero-order valence-electron chi connectivity index (χ0n) is 15.9. The van der Waals surface area contributed by atoms with E-state index in [1.807, 2.05) is 24.3 Å². The topological polar surface area (TPSA) is 46.5 Å². The third kappa shape index (κ3) is 8.98. The molecule has 0 aliphatic heterocycles. The number of aryl methyl sites for hydroxylation is 1. The average Bonchev–Trinajstić information content (AvgIpc) is 2.66. The minimum atomic E-state index is -4.45. The summed E-state index contributed by atoms with van der Waals surface area (Å²) in [5.41, 5.74) is 1.94. The number of ether oxygens (including phenoxy) is 1. The molecule has 2 aromatic carbocycles. The van der Waals surface area contributed by atoms with Crippen LogP contribution in [0.3, 0.4) is 0 Å². The van der Waals surface area contributed by atoms with Crippen molar-refractivity contribution in [3.8, 4) is 5.75 Å². The van der Waals surface area contributed by atoms with Crippen LogP contribution in [0.15, 0.2) is 48.5 Å². The summed E-state index contributed by atoms with van der Waals surface area (Å²) in [4.78, 5) is 10.9. The maximum Gasteiger partial charge on any atom is 0.389 e. The molecule has 0 saturated heterocycles. The Morgan fingerprint density at radius 1 is 0.931 bits per heavy atom. The second-order valence-corrected chi connectivity index (χ2v) is 7.01. The lowest BCUT2D eigenvalue weighted by atomic mass is 9.96. The number of carbonyl (C=O) groups is 1. The largest absolute Gasteiger partial charge is 0.489 e. The van der Waals surface area contributed by atoms with Crippen molar-refractivity contribution in [3.05, 3.63) is 65.5 Å². The standard InChI is InChI=1S/C22H24F4O3/c23-19-10-6-17(7-11-19)15-29-20-12-8-16(9-13-20)4-2-1-3-5-18(21(27)28)14-22(24,25)26/h6-13,18H,1-5,14-15H2,(H,27,28). The summed E-state index contributed by atoms with van der Waals surface area (Å²) in [5, 5.41) is 8.90. The van der Waals surface area contributed by atoms with Crippen molar-refractivity contribution in [2.75, 3.05) is 0 Å². The van der Waals surface area contributed by atoms with E-state index in [4.69, 9.17) is 9.84 Å². The highest BCUT2D eigenvalue weighted by Gasteiger charge is 2.34. The number of unbranched alkanes of at least 4 members (excludes halogenated alkanes) is 2. The van der Waals surface area contributed by atoms with E-state index < -0.39 is 24.5 Å². The predicted molar refractivity (Wildman–Crippen MR) is 101 cm³/mol. The van der Waals surface area contributed by atoms with Crippen LogP contribution in [0.25, 0.3) is 0 Å². The highest BCUT2D eigenvalue weighted by atomic mass is 19.4. The third-order valence-electron chi connectivity index (χ3n) is 4.59. The minimum Gasteiger partial charge on any atom is -0.489 e. The number of carboxylic acids is 1. The number of benzene rings is 2. The molecule has 3 nitrogen and oxygen atoms in total. The molecule has 0 aromatic heterocycles. The molecule has 0 aliphatic rings. The third-order valence-corrected chi connectivity index (χ3v) is 4.59. The number of hydrogen-bond acceptors (Lipinski definition) is 2. The molecule has 1 unspecified atom stereocenters. The van der Waals surface area contributed by atoms with Gasteiger partial charge in [-0.25, -0.2) is 4.39 Å². The van der Waals surface area contributed by atoms with Gasteiger partial charge in [0.15, 0.2) is 0 Å². The molecule has 0 fully saturated rings. The summed E-state index contributed by atoms with van der Waals surface area (Å²) in [6.45, 7) is 0.336. The van der Waals surface area contributed by atoms with Crippen molar-refractivity contribution < 1.29 is 32.2 Å². The van der Waals surface area contributed by atoms with Crippen LogP contribution in [0.5, 0.6) is 5.75 Å². The van der Waals surface area contributed by atoms with Gasteiger partial charge in [-0.2, -0.15) is 13.2 Å². The molecule has 158 valence electrons. The summed E-state index contributed by atoms with van der Waals surface area (Å²) in [7, 11) is 0. The normalized spacial score (nSPS) is 12.6. The number of carboxylic acid groups (broad SMARTS) is 1. The van der Waals surface area contributed by atoms with Crippen LogP contribution in [0.1, 0.15) is 43.2 Å². The molecule has 0 amide bonds. The number of rotatable bonds is 11. The van der Waals surface area contributed by atoms with Crippen LogP contribution >= 0.6 is 0 Å². The Morgan fingerprint density at radius 3 is 2.14 bits per heavy atom. The number of hydrogen-bond donors (Lipinski definition) is 1. The van der Waals surface area contributed by atoms with E-state index in [0.29, 0.717) is 25.2 Å². The maximum atomic E-state index is 12.9. The Balaban J connectivity index is 1.68. The SMILES string of the molecule is O=C(O)C(CCCCCc1ccc(OCc2ccc(F)cc2)cc1)CC(F)(F)F. The molecule has 0 radical (unpaired) electrons. The van der Waals surface area contributed by atoms with Gasteiger partial charge in [-0.05, 0) is 54.7 Å². The van der Waals surface area contributed by atoms with Crippen molar-refractivity contribution in [3.63, 3.8) is 0 Å². The Labute approximate surface area is 167 Å². The first-order valence-corrected chi connectivity index (χ1v) is 9.49. The molecular weight excluding hydrogens is 388 g/mol. The van der Waals surface area contributed by atoms with Gasteiger partial charge in [0.1, 0.15) is 18.2 Å². The molecule has 1 atom stereocenters. The molecule has 29 heavy (non-hydrogen) atoms. The molecule has 2 rings (SSSR count). The Kier molecular flexibility index (Phi) is 8.49. The zero-order valence-corrected chi connectivity index (χ0v) is 15.9. The lowest BCUT2D eigenvalue weighted by Crippen LogP contribution is -2.22. The molecule has 0 heterocycles. The fourth-order valence-electron chi connectivity index (χ4n) is 2.99. The molecule has 2 aromatic rings. The average molecular weight is 412 g/mol. The van der Waals surface area contributed by atoms with E-state index >= 15 is 0 Å². The smallest absolute Gasteiger partial charge is 0.389 e.